The molecule has 27 heavy (non-hydrogen) atoms. The van der Waals surface area contributed by atoms with Gasteiger partial charge in [0.25, 0.3) is 11.6 Å². The molecule has 1 atom stereocenters. The van der Waals surface area contributed by atoms with Gasteiger partial charge >= 0.3 is 0 Å². The molecule has 3 rings (SSSR count). The molecule has 1 saturated heterocycles. The summed E-state index contributed by atoms with van der Waals surface area (Å²) in [6.07, 6.45) is 3.05. The van der Waals surface area contributed by atoms with Crippen molar-refractivity contribution in [3.8, 4) is 0 Å². The van der Waals surface area contributed by atoms with Gasteiger partial charge in [0.2, 0.25) is 0 Å². The lowest BCUT2D eigenvalue weighted by Gasteiger charge is -2.35. The summed E-state index contributed by atoms with van der Waals surface area (Å²) in [5.74, 6) is -0.329. The number of rotatable bonds is 4. The third-order valence-corrected chi connectivity index (χ3v) is 5.51. The average molecular weight is 453 g/mol. The fourth-order valence-electron chi connectivity index (χ4n) is 3.30. The van der Waals surface area contributed by atoms with Gasteiger partial charge in [-0.3, -0.25) is 14.9 Å². The second-order valence-corrected chi connectivity index (χ2v) is 7.90. The minimum atomic E-state index is -0.428. The van der Waals surface area contributed by atoms with Gasteiger partial charge in [-0.05, 0) is 50.5 Å². The van der Waals surface area contributed by atoms with E-state index < -0.39 is 4.92 Å². The summed E-state index contributed by atoms with van der Waals surface area (Å²) < 4.78 is 0.785. The summed E-state index contributed by atoms with van der Waals surface area (Å²) in [4.78, 5) is 25.7. The zero-order valence-electron chi connectivity index (χ0n) is 14.7. The van der Waals surface area contributed by atoms with Gasteiger partial charge in [0.15, 0.2) is 0 Å². The number of amides is 1. The van der Waals surface area contributed by atoms with Gasteiger partial charge in [-0.2, -0.15) is 0 Å². The fourth-order valence-corrected chi connectivity index (χ4v) is 3.91. The highest BCUT2D eigenvalue weighted by Gasteiger charge is 2.27. The van der Waals surface area contributed by atoms with Crippen LogP contribution in [0.2, 0.25) is 5.02 Å². The lowest BCUT2D eigenvalue weighted by atomic mass is 10.0. The Hall–Kier alpha value is -2.12. The standard InChI is InChI=1S/C19H19BrClN3O3/c1-12-5-2-3-8-23(12)17-11-16(15(21)10-18(17)24(26)27)22-19(25)13-6-4-7-14(20)9-13/h4,6-7,9-12H,2-3,5,8H2,1H3,(H,22,25). The third kappa shape index (κ3) is 4.42. The maximum atomic E-state index is 12.6. The number of benzene rings is 2. The van der Waals surface area contributed by atoms with Crippen molar-refractivity contribution in [3.63, 3.8) is 0 Å². The molecule has 1 heterocycles. The van der Waals surface area contributed by atoms with Crippen LogP contribution in [0.4, 0.5) is 17.1 Å². The van der Waals surface area contributed by atoms with Gasteiger partial charge < -0.3 is 10.2 Å². The predicted octanol–water partition coefficient (Wildman–Crippen LogP) is 5.64. The summed E-state index contributed by atoms with van der Waals surface area (Å²) in [5, 5.41) is 14.5. The van der Waals surface area contributed by atoms with Crippen LogP contribution < -0.4 is 10.2 Å². The molecule has 0 aromatic heterocycles. The Morgan fingerprint density at radius 3 is 2.78 bits per heavy atom. The summed E-state index contributed by atoms with van der Waals surface area (Å²) >= 11 is 9.58. The number of nitrogens with one attached hydrogen (secondary N) is 1. The number of carbonyl (C=O) groups excluding carboxylic acids is 1. The first-order valence-electron chi connectivity index (χ1n) is 8.68. The van der Waals surface area contributed by atoms with Crippen molar-refractivity contribution in [2.45, 2.75) is 32.2 Å². The number of halogens is 2. The molecule has 0 aliphatic carbocycles. The van der Waals surface area contributed by atoms with Crippen LogP contribution >= 0.6 is 27.5 Å². The van der Waals surface area contributed by atoms with Crippen molar-refractivity contribution in [1.29, 1.82) is 0 Å². The first kappa shape index (κ1) is 19.6. The van der Waals surface area contributed by atoms with E-state index in [1.54, 1.807) is 24.3 Å². The van der Waals surface area contributed by atoms with Gasteiger partial charge in [-0.25, -0.2) is 0 Å². The zero-order valence-corrected chi connectivity index (χ0v) is 17.1. The molecule has 8 heteroatoms. The number of nitrogens with zero attached hydrogens (tertiary/aromatic N) is 2. The molecule has 2 aromatic rings. The highest BCUT2D eigenvalue weighted by molar-refractivity contribution is 9.10. The van der Waals surface area contributed by atoms with E-state index in [0.717, 1.165) is 30.3 Å². The van der Waals surface area contributed by atoms with Gasteiger partial charge in [0, 0.05) is 28.7 Å². The monoisotopic (exact) mass is 451 g/mol. The van der Waals surface area contributed by atoms with Crippen LogP contribution in [0.5, 0.6) is 0 Å². The van der Waals surface area contributed by atoms with E-state index in [-0.39, 0.29) is 22.7 Å². The van der Waals surface area contributed by atoms with E-state index in [4.69, 9.17) is 11.6 Å². The minimum Gasteiger partial charge on any atom is -0.363 e. The van der Waals surface area contributed by atoms with E-state index >= 15 is 0 Å². The topological polar surface area (TPSA) is 75.5 Å². The number of nitro groups is 1. The van der Waals surface area contributed by atoms with Gasteiger partial charge in [-0.15, -0.1) is 0 Å². The van der Waals surface area contributed by atoms with Crippen molar-refractivity contribution in [1.82, 2.24) is 0 Å². The zero-order chi connectivity index (χ0) is 19.6. The summed E-state index contributed by atoms with van der Waals surface area (Å²) in [5.41, 5.74) is 1.27. The third-order valence-electron chi connectivity index (χ3n) is 4.71. The van der Waals surface area contributed by atoms with Crippen molar-refractivity contribution >= 4 is 50.5 Å². The number of nitro benzene ring substituents is 1. The number of anilines is 2. The fraction of sp³-hybridized carbons (Fsp3) is 0.316. The van der Waals surface area contributed by atoms with Gasteiger partial charge in [0.1, 0.15) is 5.69 Å². The first-order chi connectivity index (χ1) is 12.9. The molecular weight excluding hydrogens is 434 g/mol. The Morgan fingerprint density at radius 2 is 2.11 bits per heavy atom. The number of hydrogen-bond acceptors (Lipinski definition) is 4. The molecule has 0 bridgehead atoms. The highest BCUT2D eigenvalue weighted by atomic mass is 79.9. The molecule has 0 saturated carbocycles. The number of hydrogen-bond donors (Lipinski definition) is 1. The Labute approximate surface area is 170 Å². The lowest BCUT2D eigenvalue weighted by Crippen LogP contribution is -2.37. The second kappa shape index (κ2) is 8.27. The first-order valence-corrected chi connectivity index (χ1v) is 9.85. The van der Waals surface area contributed by atoms with Crippen LogP contribution in [-0.2, 0) is 0 Å². The molecule has 142 valence electrons. The van der Waals surface area contributed by atoms with Crippen LogP contribution in [0.1, 0.15) is 36.5 Å². The lowest BCUT2D eigenvalue weighted by molar-refractivity contribution is -0.384. The smallest absolute Gasteiger partial charge is 0.294 e. The van der Waals surface area contributed by atoms with Crippen molar-refractivity contribution in [3.05, 3.63) is 61.6 Å². The van der Waals surface area contributed by atoms with E-state index in [0.29, 0.717) is 16.9 Å². The Morgan fingerprint density at radius 1 is 1.33 bits per heavy atom. The highest BCUT2D eigenvalue weighted by Crippen LogP contribution is 2.39. The minimum absolute atomic E-state index is 0.0470. The number of carbonyl (C=O) groups is 1. The van der Waals surface area contributed by atoms with Crippen molar-refractivity contribution in [2.75, 3.05) is 16.8 Å². The summed E-state index contributed by atoms with van der Waals surface area (Å²) in [6, 6.07) is 10.1. The van der Waals surface area contributed by atoms with E-state index in [2.05, 4.69) is 28.2 Å². The van der Waals surface area contributed by atoms with Gasteiger partial charge in [0.05, 0.1) is 15.6 Å². The quantitative estimate of drug-likeness (QED) is 0.481. The molecule has 1 unspecified atom stereocenters. The Balaban J connectivity index is 1.97. The second-order valence-electron chi connectivity index (χ2n) is 6.58. The maximum Gasteiger partial charge on any atom is 0.294 e. The molecular formula is C19H19BrClN3O3. The molecule has 6 nitrogen and oxygen atoms in total. The molecule has 1 N–H and O–H groups in total. The van der Waals surface area contributed by atoms with Gasteiger partial charge in [-0.1, -0.05) is 33.6 Å². The molecule has 0 spiro atoms. The van der Waals surface area contributed by atoms with Crippen LogP contribution in [-0.4, -0.2) is 23.4 Å². The van der Waals surface area contributed by atoms with Crippen molar-refractivity contribution in [2.24, 2.45) is 0 Å². The Kier molecular flexibility index (Phi) is 6.01. The molecule has 1 aliphatic rings. The number of piperidine rings is 1. The normalized spacial score (nSPS) is 16.9. The van der Waals surface area contributed by atoms with E-state index in [1.165, 1.54) is 6.07 Å². The molecule has 1 aliphatic heterocycles. The van der Waals surface area contributed by atoms with Crippen LogP contribution in [0.25, 0.3) is 0 Å². The molecule has 1 fully saturated rings. The SMILES string of the molecule is CC1CCCCN1c1cc(NC(=O)c2cccc(Br)c2)c(Cl)cc1[N+](=O)[O-]. The molecule has 0 radical (unpaired) electrons. The largest absolute Gasteiger partial charge is 0.363 e. The van der Waals surface area contributed by atoms with E-state index in [9.17, 15) is 14.9 Å². The average Bonchev–Trinajstić information content (AvgIpc) is 2.63. The predicted molar refractivity (Wildman–Crippen MR) is 111 cm³/mol. The van der Waals surface area contributed by atoms with Crippen molar-refractivity contribution < 1.29 is 9.72 Å². The molecule has 2 aromatic carbocycles. The maximum absolute atomic E-state index is 12.6. The molecule has 1 amide bonds. The van der Waals surface area contributed by atoms with Crippen LogP contribution in [0, 0.1) is 10.1 Å². The van der Waals surface area contributed by atoms with Crippen LogP contribution in [0.3, 0.4) is 0 Å². The van der Waals surface area contributed by atoms with E-state index in [1.807, 2.05) is 11.0 Å². The summed E-state index contributed by atoms with van der Waals surface area (Å²) in [6.45, 7) is 2.79. The Bertz CT molecular complexity index is 890. The van der Waals surface area contributed by atoms with Crippen LogP contribution in [0.15, 0.2) is 40.9 Å². The summed E-state index contributed by atoms with van der Waals surface area (Å²) in [7, 11) is 0.